The zero-order valence-corrected chi connectivity index (χ0v) is 36.4. The van der Waals surface area contributed by atoms with E-state index in [-0.39, 0.29) is 142 Å². The van der Waals surface area contributed by atoms with Gasteiger partial charge in [0.1, 0.15) is 28.9 Å². The largest absolute Gasteiger partial charge is 4.00 e. The van der Waals surface area contributed by atoms with Crippen molar-refractivity contribution in [1.29, 1.82) is 0 Å². The first-order chi connectivity index (χ1) is 21.4. The summed E-state index contributed by atoms with van der Waals surface area (Å²) in [7, 11) is 0. The van der Waals surface area contributed by atoms with Crippen LogP contribution in [0.15, 0.2) is 61.7 Å². The Morgan fingerprint density at radius 2 is 0.469 bits per heavy atom. The molecule has 0 bridgehead atoms. The molecule has 0 rings (SSSR count). The van der Waals surface area contributed by atoms with Crippen molar-refractivity contribution in [3.63, 3.8) is 0 Å². The minimum absolute atomic E-state index is 0. The molecule has 10 nitrogen and oxygen atoms in total. The van der Waals surface area contributed by atoms with Gasteiger partial charge in [-0.3, -0.25) is 24.0 Å². The Bertz CT molecular complexity index is 654. The Morgan fingerprint density at radius 1 is 0.388 bits per heavy atom. The molecule has 0 aliphatic rings. The van der Waals surface area contributed by atoms with Crippen LogP contribution in [0.1, 0.15) is 126 Å². The summed E-state index contributed by atoms with van der Waals surface area (Å²) in [6.45, 7) is 39.1. The summed E-state index contributed by atoms with van der Waals surface area (Å²) in [6.07, 6.45) is 6.69. The molecule has 0 unspecified atom stereocenters. The minimum Gasteiger partial charge on any atom is -0.876 e. The molecule has 0 amide bonds. The predicted octanol–water partition coefficient (Wildman–Crippen LogP) is 4.05. The summed E-state index contributed by atoms with van der Waals surface area (Å²) >= 11 is 0. The van der Waals surface area contributed by atoms with Crippen molar-refractivity contribution in [2.24, 2.45) is 0 Å². The minimum atomic E-state index is -0.312. The van der Waals surface area contributed by atoms with Gasteiger partial charge < -0.3 is 46.3 Å². The molecule has 0 aromatic heterocycles. The molecular formula is C37H62O10Zr2. The normalized spacial score (nSPS) is 7.65. The van der Waals surface area contributed by atoms with Crippen LogP contribution in [0.3, 0.4) is 0 Å². The number of carbonyl (C=O) groups excluding carboxylic acids is 5. The third-order valence-electron chi connectivity index (χ3n) is 3.29. The molecule has 0 aromatic carbocycles. The SMILES string of the molecule is C=C([O-])CC(C)=O.C=C([O-])CC(C)=O.C=C([O-])CC(C)=O.C=C([O-])CC(C)=O.C=C([O-])CC(C)=O.[CH2-]CCC.[CH2-]CCC.[CH2-]CCC.[Zr+4].[Zr+4]. The molecule has 0 N–H and O–H groups in total. The Morgan fingerprint density at radius 3 is 0.469 bits per heavy atom. The van der Waals surface area contributed by atoms with E-state index in [2.05, 4.69) is 74.4 Å². The van der Waals surface area contributed by atoms with E-state index in [0.29, 0.717) is 0 Å². The van der Waals surface area contributed by atoms with E-state index in [1.165, 1.54) is 53.9 Å². The third-order valence-corrected chi connectivity index (χ3v) is 3.29. The average Bonchev–Trinajstić information content (AvgIpc) is 2.86. The Kier molecular flexibility index (Phi) is 90.4. The van der Waals surface area contributed by atoms with Crippen molar-refractivity contribution >= 4 is 28.9 Å². The molecule has 0 radical (unpaired) electrons. The fourth-order valence-electron chi connectivity index (χ4n) is 1.39. The van der Waals surface area contributed by atoms with E-state index >= 15 is 0 Å². The van der Waals surface area contributed by atoms with E-state index in [9.17, 15) is 49.5 Å². The Balaban J connectivity index is -0.0000000446. The summed E-state index contributed by atoms with van der Waals surface area (Å²) in [5.41, 5.74) is 0. The molecule has 0 fully saturated rings. The van der Waals surface area contributed by atoms with E-state index in [4.69, 9.17) is 0 Å². The fraction of sp³-hybridized carbons (Fsp3) is 0.514. The van der Waals surface area contributed by atoms with Gasteiger partial charge >= 0.3 is 52.4 Å². The first kappa shape index (κ1) is 72.5. The summed E-state index contributed by atoms with van der Waals surface area (Å²) in [6, 6.07) is 0. The van der Waals surface area contributed by atoms with Gasteiger partial charge in [-0.1, -0.05) is 40.0 Å². The van der Waals surface area contributed by atoms with Crippen molar-refractivity contribution in [2.45, 2.75) is 126 Å². The molecule has 0 saturated carbocycles. The first-order valence-corrected chi connectivity index (χ1v) is 15.0. The maximum Gasteiger partial charge on any atom is 4.00 e. The molecule has 0 aliphatic heterocycles. The van der Waals surface area contributed by atoms with Crippen molar-refractivity contribution in [3.05, 3.63) is 82.5 Å². The second-order valence-corrected chi connectivity index (χ2v) is 9.65. The number of unbranched alkanes of at least 4 members (excludes halogenated alkanes) is 3. The second-order valence-electron chi connectivity index (χ2n) is 9.65. The molecule has 278 valence electrons. The molecular weight excluding hydrogens is 787 g/mol. The maximum absolute atomic E-state index is 9.99. The van der Waals surface area contributed by atoms with Crippen molar-refractivity contribution < 1.29 is 102 Å². The quantitative estimate of drug-likeness (QED) is 0.192. The van der Waals surface area contributed by atoms with Gasteiger partial charge in [-0.25, -0.2) is 0 Å². The van der Waals surface area contributed by atoms with Crippen LogP contribution < -0.4 is 25.5 Å². The average molecular weight is 849 g/mol. The molecule has 0 atom stereocenters. The maximum atomic E-state index is 9.99. The molecule has 0 aromatic rings. The first-order valence-electron chi connectivity index (χ1n) is 15.0. The van der Waals surface area contributed by atoms with Crippen molar-refractivity contribution in [3.8, 4) is 0 Å². The monoisotopic (exact) mass is 846 g/mol. The van der Waals surface area contributed by atoms with Gasteiger partial charge in [0.25, 0.3) is 0 Å². The molecule has 0 saturated heterocycles. The summed E-state index contributed by atoms with van der Waals surface area (Å²) in [4.78, 5) is 50.0. The number of hydrogen-bond acceptors (Lipinski definition) is 10. The van der Waals surface area contributed by atoms with Crippen LogP contribution in [-0.2, 0) is 76.4 Å². The van der Waals surface area contributed by atoms with E-state index in [1.54, 1.807) is 0 Å². The smallest absolute Gasteiger partial charge is 0.876 e. The fourth-order valence-corrected chi connectivity index (χ4v) is 1.39. The van der Waals surface area contributed by atoms with Crippen molar-refractivity contribution in [2.75, 3.05) is 0 Å². The van der Waals surface area contributed by atoms with E-state index < -0.39 is 0 Å². The van der Waals surface area contributed by atoms with Crippen molar-refractivity contribution in [1.82, 2.24) is 0 Å². The number of hydrogen-bond donors (Lipinski definition) is 0. The van der Waals surface area contributed by atoms with Gasteiger partial charge in [-0.2, -0.15) is 19.3 Å². The summed E-state index contributed by atoms with van der Waals surface area (Å²) in [5, 5.41) is 49.6. The second kappa shape index (κ2) is 61.1. The molecule has 0 spiro atoms. The summed E-state index contributed by atoms with van der Waals surface area (Å²) in [5.74, 6) is -2.19. The number of allylic oxidation sites excluding steroid dienone is 5. The van der Waals surface area contributed by atoms with Crippen LogP contribution in [0.5, 0.6) is 0 Å². The third kappa shape index (κ3) is 203. The van der Waals surface area contributed by atoms with Gasteiger partial charge in [-0.15, -0.1) is 61.7 Å². The van der Waals surface area contributed by atoms with Gasteiger partial charge in [0.15, 0.2) is 0 Å². The van der Waals surface area contributed by atoms with Gasteiger partial charge in [0.2, 0.25) is 0 Å². The number of rotatable bonds is 13. The Labute approximate surface area is 337 Å². The van der Waals surface area contributed by atoms with Crippen LogP contribution in [0, 0.1) is 20.8 Å². The number of carbonyl (C=O) groups is 5. The topological polar surface area (TPSA) is 201 Å². The summed E-state index contributed by atoms with van der Waals surface area (Å²) < 4.78 is 0. The van der Waals surface area contributed by atoms with Crippen LogP contribution in [0.4, 0.5) is 0 Å². The molecule has 0 heterocycles. The molecule has 0 aliphatic carbocycles. The molecule has 49 heavy (non-hydrogen) atoms. The van der Waals surface area contributed by atoms with Crippen LogP contribution >= 0.6 is 0 Å². The zero-order valence-electron chi connectivity index (χ0n) is 31.5. The van der Waals surface area contributed by atoms with Crippen LogP contribution in [0.2, 0.25) is 0 Å². The molecule has 12 heteroatoms. The van der Waals surface area contributed by atoms with E-state index in [0.717, 1.165) is 19.3 Å². The predicted molar refractivity (Wildman–Crippen MR) is 183 cm³/mol. The van der Waals surface area contributed by atoms with Crippen LogP contribution in [-0.4, -0.2) is 28.9 Å². The van der Waals surface area contributed by atoms with Gasteiger partial charge in [0, 0.05) is 32.1 Å². The van der Waals surface area contributed by atoms with Gasteiger partial charge in [-0.05, 0) is 34.6 Å². The van der Waals surface area contributed by atoms with Gasteiger partial charge in [0.05, 0.1) is 0 Å². The van der Waals surface area contributed by atoms with Crippen LogP contribution in [0.25, 0.3) is 0 Å². The van der Waals surface area contributed by atoms with E-state index in [1.807, 2.05) is 0 Å². The number of Topliss-reactive ketones (excluding diaryl/α,β-unsaturated/α-hetero) is 5. The zero-order chi connectivity index (χ0) is 39.6. The standard InChI is InChI=1S/5C5H8O2.3C4H9.2Zr/c5*1-4(6)3-5(2)7;3*1-3-4-2;;/h5*6H,1,3H2,2H3;3*1,3-4H2,2H3;;/q;;;;;3*-1;2*+4/p-5. The number of ketones is 5. The Hall–Kier alpha value is -2.18.